The van der Waals surface area contributed by atoms with Crippen LogP contribution in [0.4, 0.5) is 0 Å². The average Bonchev–Trinajstić information content (AvgIpc) is 4.27. The summed E-state index contributed by atoms with van der Waals surface area (Å²) in [5, 5.41) is 12.9. The summed E-state index contributed by atoms with van der Waals surface area (Å²) in [6.45, 7) is 0. The van der Waals surface area contributed by atoms with E-state index in [1.807, 2.05) is 61.6 Å². The SMILES string of the molecule is c1cncc(-c2ccc3c(c2)c2ccccc2n3-c2ccc3c(c2)c2ccncc2n3-c2csc3ccc(-n4c5ccc(-n6c7ccccc7c7cc(-c8cccnc8)ccc76)cc5c5cccnc54)cc23)c1. The molecule has 73 heavy (non-hydrogen) atoms. The van der Waals surface area contributed by atoms with Crippen molar-refractivity contribution < 1.29 is 0 Å². The van der Waals surface area contributed by atoms with Crippen molar-refractivity contribution in [3.8, 4) is 45.0 Å². The van der Waals surface area contributed by atoms with Gasteiger partial charge in [0.25, 0.3) is 0 Å². The van der Waals surface area contributed by atoms with E-state index in [0.717, 1.165) is 99.9 Å². The predicted molar refractivity (Wildman–Crippen MR) is 301 cm³/mol. The van der Waals surface area contributed by atoms with E-state index in [9.17, 15) is 0 Å². The summed E-state index contributed by atoms with van der Waals surface area (Å²) in [6, 6.07) is 66.2. The lowest BCUT2D eigenvalue weighted by Gasteiger charge is -2.12. The molecule has 9 heterocycles. The number of hydrogen-bond donors (Lipinski definition) is 0. The summed E-state index contributed by atoms with van der Waals surface area (Å²) in [4.78, 5) is 18.6. The highest BCUT2D eigenvalue weighted by Gasteiger charge is 2.22. The van der Waals surface area contributed by atoms with Gasteiger partial charge in [-0.25, -0.2) is 4.98 Å². The first kappa shape index (κ1) is 40.1. The Bertz CT molecular complexity index is 4920. The van der Waals surface area contributed by atoms with E-state index in [0.29, 0.717) is 0 Å². The lowest BCUT2D eigenvalue weighted by Crippen LogP contribution is -1.98. The summed E-state index contributed by atoms with van der Waals surface area (Å²) in [7, 11) is 0. The summed E-state index contributed by atoms with van der Waals surface area (Å²) >= 11 is 1.77. The molecule has 0 unspecified atom stereocenters. The Kier molecular flexibility index (Phi) is 8.45. The zero-order valence-electron chi connectivity index (χ0n) is 38.9. The van der Waals surface area contributed by atoms with E-state index in [-0.39, 0.29) is 0 Å². The van der Waals surface area contributed by atoms with Gasteiger partial charge in [0.2, 0.25) is 0 Å². The Balaban J connectivity index is 0.844. The first-order valence-electron chi connectivity index (χ1n) is 24.4. The number of rotatable bonds is 6. The van der Waals surface area contributed by atoms with Crippen molar-refractivity contribution in [2.75, 3.05) is 0 Å². The second kappa shape index (κ2) is 15.4. The summed E-state index contributed by atoms with van der Waals surface area (Å²) in [5.41, 5.74) is 17.7. The van der Waals surface area contributed by atoms with Crippen LogP contribution in [0.2, 0.25) is 0 Å². The molecule has 8 nitrogen and oxygen atoms in total. The number of nitrogens with zero attached hydrogens (tertiary/aromatic N) is 8. The highest BCUT2D eigenvalue weighted by molar-refractivity contribution is 7.17. The molecule has 0 spiro atoms. The minimum absolute atomic E-state index is 0.918. The monoisotopic (exact) mass is 950 g/mol. The number of pyridine rings is 4. The van der Waals surface area contributed by atoms with Crippen LogP contribution in [0.25, 0.3) is 142 Å². The van der Waals surface area contributed by atoms with Crippen LogP contribution >= 0.6 is 11.3 Å². The Labute approximate surface area is 420 Å². The van der Waals surface area contributed by atoms with Gasteiger partial charge < -0.3 is 13.7 Å². The molecule has 0 aliphatic rings. The molecule has 9 heteroatoms. The number of thiophene rings is 1. The molecule has 0 aliphatic heterocycles. The maximum absolute atomic E-state index is 5.07. The normalized spacial score (nSPS) is 12.1. The first-order valence-corrected chi connectivity index (χ1v) is 25.3. The molecule has 0 bridgehead atoms. The molecule has 0 fully saturated rings. The number of hydrogen-bond acceptors (Lipinski definition) is 5. The molecule has 9 aromatic heterocycles. The molecule has 340 valence electrons. The molecule has 16 rings (SSSR count). The van der Waals surface area contributed by atoms with Crippen LogP contribution in [-0.2, 0) is 0 Å². The van der Waals surface area contributed by atoms with Gasteiger partial charge in [-0.3, -0.25) is 19.5 Å². The topological polar surface area (TPSA) is 71.3 Å². The minimum atomic E-state index is 0.918. The van der Waals surface area contributed by atoms with Crippen LogP contribution in [0.15, 0.2) is 231 Å². The van der Waals surface area contributed by atoms with Gasteiger partial charge in [0, 0.05) is 124 Å². The van der Waals surface area contributed by atoms with Crippen LogP contribution < -0.4 is 0 Å². The largest absolute Gasteiger partial charge is 0.309 e. The van der Waals surface area contributed by atoms with Crippen molar-refractivity contribution in [2.45, 2.75) is 0 Å². The molecular formula is C64H38N8S. The third-order valence-electron chi connectivity index (χ3n) is 14.9. The fraction of sp³-hybridized carbons (Fsp3) is 0. The predicted octanol–water partition coefficient (Wildman–Crippen LogP) is 16.2. The van der Waals surface area contributed by atoms with E-state index < -0.39 is 0 Å². The highest BCUT2D eigenvalue weighted by atomic mass is 32.1. The zero-order chi connectivity index (χ0) is 47.7. The van der Waals surface area contributed by atoms with Gasteiger partial charge in [-0.1, -0.05) is 60.7 Å². The molecule has 0 aliphatic carbocycles. The Morgan fingerprint density at radius 3 is 1.45 bits per heavy atom. The van der Waals surface area contributed by atoms with Crippen LogP contribution in [0.5, 0.6) is 0 Å². The smallest absolute Gasteiger partial charge is 0.145 e. The Morgan fingerprint density at radius 2 is 0.795 bits per heavy atom. The fourth-order valence-corrected chi connectivity index (χ4v) is 12.6. The molecule has 0 N–H and O–H groups in total. The second-order valence-electron chi connectivity index (χ2n) is 18.8. The van der Waals surface area contributed by atoms with Gasteiger partial charge in [0.15, 0.2) is 0 Å². The fourth-order valence-electron chi connectivity index (χ4n) is 11.7. The number of benzene rings is 7. The van der Waals surface area contributed by atoms with Crippen LogP contribution in [0, 0.1) is 0 Å². The van der Waals surface area contributed by atoms with Gasteiger partial charge in [0.1, 0.15) is 5.65 Å². The first-order chi connectivity index (χ1) is 36.2. The molecular weight excluding hydrogens is 913 g/mol. The van der Waals surface area contributed by atoms with Crippen LogP contribution in [-0.4, -0.2) is 38.2 Å². The van der Waals surface area contributed by atoms with Crippen molar-refractivity contribution in [1.82, 2.24) is 38.2 Å². The van der Waals surface area contributed by atoms with E-state index in [1.165, 1.54) is 42.5 Å². The standard InChI is InChI=1S/C64H38N8S/c1-3-13-55-46(10-1)50-30-39(41-8-5-26-65-35-41)15-20-57(50)69(55)43-18-23-60-52(32-43)48-25-29-67-37-61(48)72(60)62-38-73-63-24-19-45(34-54(62)63)71-59-22-17-44(33-53(59)49-12-7-28-68-64(49)71)70-56-14-4-2-11-47(56)51-31-40(16-21-58(51)70)42-9-6-27-66-36-42/h1-38H. The molecule has 0 saturated heterocycles. The minimum Gasteiger partial charge on any atom is -0.309 e. The summed E-state index contributed by atoms with van der Waals surface area (Å²) in [6.07, 6.45) is 13.3. The van der Waals surface area contributed by atoms with Gasteiger partial charge in [-0.2, -0.15) is 0 Å². The Hall–Kier alpha value is -9.70. The van der Waals surface area contributed by atoms with Gasteiger partial charge in [0.05, 0.1) is 50.5 Å². The highest BCUT2D eigenvalue weighted by Crippen LogP contribution is 2.43. The number of fused-ring (bicyclic) bond motifs is 13. The van der Waals surface area contributed by atoms with Crippen molar-refractivity contribution in [2.24, 2.45) is 0 Å². The van der Waals surface area contributed by atoms with E-state index >= 15 is 0 Å². The molecule has 0 amide bonds. The van der Waals surface area contributed by atoms with E-state index in [4.69, 9.17) is 9.97 Å². The third kappa shape index (κ3) is 5.88. The maximum atomic E-state index is 5.07. The molecule has 7 aromatic carbocycles. The van der Waals surface area contributed by atoms with Crippen molar-refractivity contribution in [1.29, 1.82) is 0 Å². The average molecular weight is 951 g/mol. The molecule has 0 radical (unpaired) electrons. The molecule has 0 saturated carbocycles. The van der Waals surface area contributed by atoms with Crippen molar-refractivity contribution in [3.05, 3.63) is 231 Å². The van der Waals surface area contributed by atoms with Crippen molar-refractivity contribution >= 4 is 109 Å². The summed E-state index contributed by atoms with van der Waals surface area (Å²) < 4.78 is 10.7. The van der Waals surface area contributed by atoms with E-state index in [1.54, 1.807) is 11.3 Å². The third-order valence-corrected chi connectivity index (χ3v) is 15.9. The molecule has 16 aromatic rings. The molecule has 0 atom stereocenters. The number of para-hydroxylation sites is 2. The maximum Gasteiger partial charge on any atom is 0.145 e. The van der Waals surface area contributed by atoms with Crippen LogP contribution in [0.3, 0.4) is 0 Å². The zero-order valence-corrected chi connectivity index (χ0v) is 39.7. The lowest BCUT2D eigenvalue weighted by atomic mass is 10.0. The lowest BCUT2D eigenvalue weighted by molar-refractivity contribution is 1.13. The number of aromatic nitrogens is 8. The quantitative estimate of drug-likeness (QED) is 0.166. The second-order valence-corrected chi connectivity index (χ2v) is 19.7. The van der Waals surface area contributed by atoms with Gasteiger partial charge in [-0.15, -0.1) is 11.3 Å². The van der Waals surface area contributed by atoms with E-state index in [2.05, 4.69) is 197 Å². The Morgan fingerprint density at radius 1 is 0.301 bits per heavy atom. The van der Waals surface area contributed by atoms with Gasteiger partial charge in [-0.05, 0) is 132 Å². The van der Waals surface area contributed by atoms with Crippen molar-refractivity contribution in [3.63, 3.8) is 0 Å². The summed E-state index contributed by atoms with van der Waals surface area (Å²) in [5.74, 6) is 0. The van der Waals surface area contributed by atoms with Gasteiger partial charge >= 0.3 is 0 Å². The van der Waals surface area contributed by atoms with Crippen LogP contribution in [0.1, 0.15) is 0 Å².